The number of rotatable bonds is 3. The van der Waals surface area contributed by atoms with Crippen LogP contribution in [0.2, 0.25) is 0 Å². The maximum Gasteiger partial charge on any atom is 0.317 e. The molecule has 3 aliphatic heterocycles. The molecular weight excluding hydrogens is 352 g/mol. The number of amides is 2. The van der Waals surface area contributed by atoms with Gasteiger partial charge in [0.25, 0.3) is 0 Å². The average molecular weight is 389 g/mol. The minimum atomic E-state index is 0.113. The van der Waals surface area contributed by atoms with Crippen molar-refractivity contribution in [3.8, 4) is 0 Å². The molecule has 0 aliphatic carbocycles. The van der Waals surface area contributed by atoms with Crippen molar-refractivity contribution in [1.29, 1.82) is 0 Å². The summed E-state index contributed by atoms with van der Waals surface area (Å²) in [7, 11) is 2.22. The van der Waals surface area contributed by atoms with E-state index in [1.807, 2.05) is 11.8 Å². The Bertz CT molecular complexity index is 672. The number of carbonyl (C=O) groups excluding carboxylic acids is 1. The van der Waals surface area contributed by atoms with Gasteiger partial charge in [0, 0.05) is 44.0 Å². The van der Waals surface area contributed by atoms with Gasteiger partial charge >= 0.3 is 6.03 Å². The van der Waals surface area contributed by atoms with Gasteiger partial charge in [-0.15, -0.1) is 0 Å². The van der Waals surface area contributed by atoms with Gasteiger partial charge in [0.2, 0.25) is 0 Å². The lowest BCUT2D eigenvalue weighted by Crippen LogP contribution is -2.52. The van der Waals surface area contributed by atoms with Crippen LogP contribution >= 0.6 is 0 Å². The van der Waals surface area contributed by atoms with Crippen LogP contribution in [0, 0.1) is 13.8 Å². The molecule has 156 valence electrons. The number of hydrogen-bond donors (Lipinski definition) is 1. The van der Waals surface area contributed by atoms with Gasteiger partial charge in [-0.05, 0) is 72.2 Å². The normalized spacial score (nSPS) is 26.1. The summed E-state index contributed by atoms with van der Waals surface area (Å²) in [5.41, 5.74) is 2.24. The van der Waals surface area contributed by atoms with E-state index in [-0.39, 0.29) is 6.03 Å². The summed E-state index contributed by atoms with van der Waals surface area (Å²) in [5.74, 6) is 0. The molecule has 2 amide bonds. The second kappa shape index (κ2) is 8.41. The first kappa shape index (κ1) is 19.7. The number of aryl methyl sites for hydroxylation is 2. The molecule has 0 saturated carbocycles. The zero-order chi connectivity index (χ0) is 19.7. The molecule has 0 bridgehead atoms. The van der Waals surface area contributed by atoms with E-state index in [0.717, 1.165) is 57.2 Å². The Hall–Kier alpha value is -1.60. The number of likely N-dealkylation sites (tertiary alicyclic amines) is 3. The van der Waals surface area contributed by atoms with E-state index in [1.54, 1.807) is 0 Å². The highest BCUT2D eigenvalue weighted by molar-refractivity contribution is 5.74. The van der Waals surface area contributed by atoms with Crippen LogP contribution < -0.4 is 5.32 Å². The predicted molar refractivity (Wildman–Crippen MR) is 111 cm³/mol. The van der Waals surface area contributed by atoms with E-state index in [1.165, 1.54) is 31.6 Å². The van der Waals surface area contributed by atoms with Crippen molar-refractivity contribution in [1.82, 2.24) is 29.8 Å². The van der Waals surface area contributed by atoms with Gasteiger partial charge in [-0.2, -0.15) is 5.10 Å². The smallest absolute Gasteiger partial charge is 0.317 e. The van der Waals surface area contributed by atoms with E-state index in [4.69, 9.17) is 0 Å². The monoisotopic (exact) mass is 388 g/mol. The van der Waals surface area contributed by atoms with Gasteiger partial charge in [0.1, 0.15) is 0 Å². The SMILES string of the molecule is Cc1cc(C)n([C@H]2CCN(C(=O)NC3CCN(C4CCN(C)CC4)CC3)C2)n1. The molecule has 7 heteroatoms. The fourth-order valence-electron chi connectivity index (χ4n) is 5.18. The number of carbonyl (C=O) groups is 1. The van der Waals surface area contributed by atoms with Gasteiger partial charge in [0.15, 0.2) is 0 Å². The third-order valence-corrected chi connectivity index (χ3v) is 6.90. The summed E-state index contributed by atoms with van der Waals surface area (Å²) >= 11 is 0. The van der Waals surface area contributed by atoms with Crippen molar-refractivity contribution < 1.29 is 4.79 Å². The first-order valence-electron chi connectivity index (χ1n) is 11.0. The second-order valence-electron chi connectivity index (χ2n) is 9.05. The standard InChI is InChI=1S/C21H36N6O/c1-16-14-17(2)27(23-16)20-8-13-26(15-20)21(28)22-18-4-11-25(12-5-18)19-6-9-24(3)10-7-19/h14,18-20H,4-13,15H2,1-3H3,(H,22,28)/t20-/m0/s1. The number of hydrogen-bond acceptors (Lipinski definition) is 4. The summed E-state index contributed by atoms with van der Waals surface area (Å²) in [6, 6.07) is 3.60. The van der Waals surface area contributed by atoms with Crippen LogP contribution in [0.5, 0.6) is 0 Å². The molecule has 3 aliphatic rings. The number of urea groups is 1. The van der Waals surface area contributed by atoms with Gasteiger partial charge in [-0.25, -0.2) is 4.79 Å². The molecule has 3 saturated heterocycles. The molecule has 3 fully saturated rings. The van der Waals surface area contributed by atoms with Crippen molar-refractivity contribution in [2.24, 2.45) is 0 Å². The third kappa shape index (κ3) is 4.35. The number of nitrogens with one attached hydrogen (secondary N) is 1. The van der Waals surface area contributed by atoms with Crippen molar-refractivity contribution in [3.63, 3.8) is 0 Å². The van der Waals surface area contributed by atoms with Crippen LogP contribution in [0.15, 0.2) is 6.07 Å². The zero-order valence-corrected chi connectivity index (χ0v) is 17.7. The Labute approximate surface area is 169 Å². The Morgan fingerprint density at radius 2 is 1.68 bits per heavy atom. The lowest BCUT2D eigenvalue weighted by atomic mass is 9.98. The Kier molecular flexibility index (Phi) is 5.92. The predicted octanol–water partition coefficient (Wildman–Crippen LogP) is 2.01. The summed E-state index contributed by atoms with van der Waals surface area (Å²) in [4.78, 5) is 19.8. The molecule has 1 N–H and O–H groups in total. The lowest BCUT2D eigenvalue weighted by molar-refractivity contribution is 0.0923. The maximum absolute atomic E-state index is 12.8. The summed E-state index contributed by atoms with van der Waals surface area (Å²) in [5, 5.41) is 7.91. The zero-order valence-electron chi connectivity index (χ0n) is 17.7. The first-order chi connectivity index (χ1) is 13.5. The van der Waals surface area contributed by atoms with Crippen LogP contribution in [0.1, 0.15) is 49.5 Å². The molecule has 1 aromatic rings. The molecule has 0 unspecified atom stereocenters. The minimum Gasteiger partial charge on any atom is -0.335 e. The largest absolute Gasteiger partial charge is 0.335 e. The maximum atomic E-state index is 12.8. The van der Waals surface area contributed by atoms with Gasteiger partial charge in [-0.3, -0.25) is 4.68 Å². The van der Waals surface area contributed by atoms with E-state index < -0.39 is 0 Å². The fourth-order valence-corrected chi connectivity index (χ4v) is 5.18. The van der Waals surface area contributed by atoms with Gasteiger partial charge < -0.3 is 20.0 Å². The molecule has 4 heterocycles. The Morgan fingerprint density at radius 3 is 2.32 bits per heavy atom. The topological polar surface area (TPSA) is 56.6 Å². The Morgan fingerprint density at radius 1 is 1.00 bits per heavy atom. The molecule has 0 aromatic carbocycles. The molecule has 0 radical (unpaired) electrons. The lowest BCUT2D eigenvalue weighted by Gasteiger charge is -2.41. The Balaban J connectivity index is 1.22. The summed E-state index contributed by atoms with van der Waals surface area (Å²) in [6.07, 6.45) is 5.72. The number of piperidine rings is 2. The van der Waals surface area contributed by atoms with Crippen molar-refractivity contribution in [2.75, 3.05) is 46.3 Å². The van der Waals surface area contributed by atoms with Crippen LogP contribution in [0.4, 0.5) is 4.79 Å². The molecule has 1 aromatic heterocycles. The van der Waals surface area contributed by atoms with Crippen molar-refractivity contribution >= 4 is 6.03 Å². The number of nitrogens with zero attached hydrogens (tertiary/aromatic N) is 5. The van der Waals surface area contributed by atoms with Crippen LogP contribution in [0.3, 0.4) is 0 Å². The second-order valence-corrected chi connectivity index (χ2v) is 9.05. The molecule has 4 rings (SSSR count). The minimum absolute atomic E-state index is 0.113. The highest BCUT2D eigenvalue weighted by Gasteiger charge is 2.32. The van der Waals surface area contributed by atoms with Crippen molar-refractivity contribution in [2.45, 2.75) is 64.1 Å². The highest BCUT2D eigenvalue weighted by Crippen LogP contribution is 2.24. The van der Waals surface area contributed by atoms with Crippen LogP contribution in [0.25, 0.3) is 0 Å². The number of aromatic nitrogens is 2. The highest BCUT2D eigenvalue weighted by atomic mass is 16.2. The van der Waals surface area contributed by atoms with Gasteiger partial charge in [0.05, 0.1) is 11.7 Å². The van der Waals surface area contributed by atoms with E-state index >= 15 is 0 Å². The molecule has 1 atom stereocenters. The van der Waals surface area contributed by atoms with Crippen LogP contribution in [-0.4, -0.2) is 88.9 Å². The molecule has 0 spiro atoms. The van der Waals surface area contributed by atoms with E-state index in [9.17, 15) is 4.79 Å². The molecule has 7 nitrogen and oxygen atoms in total. The van der Waals surface area contributed by atoms with Crippen molar-refractivity contribution in [3.05, 3.63) is 17.5 Å². The first-order valence-corrected chi connectivity index (χ1v) is 11.0. The van der Waals surface area contributed by atoms with Crippen LogP contribution in [-0.2, 0) is 0 Å². The fraction of sp³-hybridized carbons (Fsp3) is 0.810. The molecule has 28 heavy (non-hydrogen) atoms. The third-order valence-electron chi connectivity index (χ3n) is 6.90. The quantitative estimate of drug-likeness (QED) is 0.861. The summed E-state index contributed by atoms with van der Waals surface area (Å²) < 4.78 is 2.10. The summed E-state index contributed by atoms with van der Waals surface area (Å²) in [6.45, 7) is 10.4. The van der Waals surface area contributed by atoms with E-state index in [0.29, 0.717) is 12.1 Å². The van der Waals surface area contributed by atoms with E-state index in [2.05, 4.69) is 44.9 Å². The molecular formula is C21H36N6O. The van der Waals surface area contributed by atoms with Gasteiger partial charge in [-0.1, -0.05) is 0 Å². The average Bonchev–Trinajstić information content (AvgIpc) is 3.29.